The van der Waals surface area contributed by atoms with Crippen molar-refractivity contribution in [2.24, 2.45) is 0 Å². The van der Waals surface area contributed by atoms with Crippen molar-refractivity contribution >= 4 is 69.6 Å². The number of aromatic carboxylic acids is 1. The van der Waals surface area contributed by atoms with Crippen LogP contribution in [0.4, 0.5) is 17.1 Å². The number of hydrogen-bond donors (Lipinski definition) is 4. The van der Waals surface area contributed by atoms with E-state index in [1.54, 1.807) is 0 Å². The smallest absolute Gasteiger partial charge is 0.335 e. The van der Waals surface area contributed by atoms with Gasteiger partial charge in [0.05, 0.1) is 22.0 Å². The molecule has 0 radical (unpaired) electrons. The van der Waals surface area contributed by atoms with Crippen LogP contribution in [0.5, 0.6) is 0 Å². The lowest BCUT2D eigenvalue weighted by Crippen LogP contribution is -2.19. The molecule has 32 heavy (non-hydrogen) atoms. The molecule has 4 N–H and O–H groups in total. The van der Waals surface area contributed by atoms with E-state index in [-0.39, 0.29) is 27.9 Å². The highest BCUT2D eigenvalue weighted by molar-refractivity contribution is 8.00. The van der Waals surface area contributed by atoms with Crippen molar-refractivity contribution in [3.8, 4) is 0 Å². The van der Waals surface area contributed by atoms with Crippen LogP contribution in [0.1, 0.15) is 15.9 Å². The first kappa shape index (κ1) is 23.6. The van der Waals surface area contributed by atoms with Crippen LogP contribution in [0.3, 0.4) is 0 Å². The Labute approximate surface area is 200 Å². The SMILES string of the molecule is Cc1ccc(NC(=S)Nc2cccc(SCC(=O)Nc3cc(C(=O)O)ccc3Cl)c2)cc1. The Balaban J connectivity index is 1.55. The Kier molecular flexibility index (Phi) is 8.10. The third-order valence-corrected chi connectivity index (χ3v) is 5.79. The quantitative estimate of drug-likeness (QED) is 0.245. The van der Waals surface area contributed by atoms with Crippen molar-refractivity contribution in [2.75, 3.05) is 21.7 Å². The number of amides is 1. The maximum absolute atomic E-state index is 12.3. The van der Waals surface area contributed by atoms with E-state index in [1.165, 1.54) is 35.5 Å². The van der Waals surface area contributed by atoms with Crippen molar-refractivity contribution in [1.82, 2.24) is 0 Å². The lowest BCUT2D eigenvalue weighted by atomic mass is 10.2. The highest BCUT2D eigenvalue weighted by atomic mass is 35.5. The number of nitrogens with one attached hydrogen (secondary N) is 3. The Morgan fingerprint density at radius 1 is 0.969 bits per heavy atom. The van der Waals surface area contributed by atoms with E-state index in [2.05, 4.69) is 16.0 Å². The van der Waals surface area contributed by atoms with Crippen LogP contribution in [0.2, 0.25) is 5.02 Å². The first-order valence-electron chi connectivity index (χ1n) is 9.50. The second kappa shape index (κ2) is 11.0. The first-order valence-corrected chi connectivity index (χ1v) is 11.3. The number of carboxylic acid groups (broad SMARTS) is 1. The lowest BCUT2D eigenvalue weighted by molar-refractivity contribution is -0.113. The molecular formula is C23H20ClN3O3S2. The number of halogens is 1. The molecule has 0 saturated carbocycles. The van der Waals surface area contributed by atoms with Gasteiger partial charge in [0.2, 0.25) is 5.91 Å². The summed E-state index contributed by atoms with van der Waals surface area (Å²) in [7, 11) is 0. The van der Waals surface area contributed by atoms with Gasteiger partial charge in [0.25, 0.3) is 0 Å². The van der Waals surface area contributed by atoms with Crippen LogP contribution in [-0.2, 0) is 4.79 Å². The van der Waals surface area contributed by atoms with Gasteiger partial charge in [-0.25, -0.2) is 4.79 Å². The van der Waals surface area contributed by atoms with E-state index >= 15 is 0 Å². The summed E-state index contributed by atoms with van der Waals surface area (Å²) in [6.07, 6.45) is 0. The zero-order valence-corrected chi connectivity index (χ0v) is 19.4. The van der Waals surface area contributed by atoms with E-state index in [4.69, 9.17) is 28.9 Å². The molecule has 0 aromatic heterocycles. The van der Waals surface area contributed by atoms with Crippen LogP contribution in [0, 0.1) is 6.92 Å². The summed E-state index contributed by atoms with van der Waals surface area (Å²) in [5.41, 5.74) is 3.16. The summed E-state index contributed by atoms with van der Waals surface area (Å²) < 4.78 is 0. The maximum atomic E-state index is 12.3. The average molecular weight is 486 g/mol. The number of aryl methyl sites for hydroxylation is 1. The zero-order valence-electron chi connectivity index (χ0n) is 17.0. The fourth-order valence-corrected chi connectivity index (χ4v) is 3.84. The second-order valence-corrected chi connectivity index (χ2v) is 8.67. The molecular weight excluding hydrogens is 466 g/mol. The van der Waals surface area contributed by atoms with Crippen molar-refractivity contribution in [2.45, 2.75) is 11.8 Å². The van der Waals surface area contributed by atoms with E-state index in [1.807, 2.05) is 55.5 Å². The Hall–Kier alpha value is -3.07. The predicted molar refractivity (Wildman–Crippen MR) is 135 cm³/mol. The van der Waals surface area contributed by atoms with Crippen molar-refractivity contribution in [3.63, 3.8) is 0 Å². The van der Waals surface area contributed by atoms with Crippen molar-refractivity contribution < 1.29 is 14.7 Å². The molecule has 0 aliphatic rings. The first-order chi connectivity index (χ1) is 15.3. The number of anilines is 3. The number of thiocarbonyl (C=S) groups is 1. The van der Waals surface area contributed by atoms with E-state index in [9.17, 15) is 9.59 Å². The van der Waals surface area contributed by atoms with Gasteiger partial charge in [-0.2, -0.15) is 0 Å². The van der Waals surface area contributed by atoms with Crippen LogP contribution in [-0.4, -0.2) is 27.8 Å². The third kappa shape index (κ3) is 6.98. The third-order valence-electron chi connectivity index (χ3n) is 4.26. The highest BCUT2D eigenvalue weighted by Crippen LogP contribution is 2.25. The van der Waals surface area contributed by atoms with Crippen LogP contribution in [0.15, 0.2) is 71.6 Å². The van der Waals surface area contributed by atoms with Gasteiger partial charge in [-0.15, -0.1) is 11.8 Å². The summed E-state index contributed by atoms with van der Waals surface area (Å²) in [4.78, 5) is 24.3. The monoisotopic (exact) mass is 485 g/mol. The van der Waals surface area contributed by atoms with Crippen LogP contribution in [0.25, 0.3) is 0 Å². The molecule has 0 unspecified atom stereocenters. The molecule has 164 valence electrons. The van der Waals surface area contributed by atoms with E-state index < -0.39 is 5.97 Å². The molecule has 0 saturated heterocycles. The predicted octanol–water partition coefficient (Wildman–Crippen LogP) is 5.89. The molecule has 0 aliphatic carbocycles. The number of carboxylic acids is 1. The molecule has 0 spiro atoms. The largest absolute Gasteiger partial charge is 0.478 e. The fourth-order valence-electron chi connectivity index (χ4n) is 2.68. The number of carbonyl (C=O) groups excluding carboxylic acids is 1. The molecule has 3 aromatic rings. The standard InChI is InChI=1S/C23H20ClN3O3S2/c1-14-5-8-16(9-6-14)25-23(31)26-17-3-2-4-18(12-17)32-13-21(28)27-20-11-15(22(29)30)7-10-19(20)24/h2-12H,13H2,1H3,(H,27,28)(H,29,30)(H2,25,26,31). The Bertz CT molecular complexity index is 1150. The van der Waals surface area contributed by atoms with E-state index in [0.29, 0.717) is 5.11 Å². The molecule has 0 heterocycles. The fraction of sp³-hybridized carbons (Fsp3) is 0.0870. The highest BCUT2D eigenvalue weighted by Gasteiger charge is 2.11. The summed E-state index contributed by atoms with van der Waals surface area (Å²) >= 11 is 12.8. The second-order valence-electron chi connectivity index (χ2n) is 6.81. The summed E-state index contributed by atoms with van der Waals surface area (Å²) in [6.45, 7) is 2.02. The van der Waals surface area contributed by atoms with Crippen molar-refractivity contribution in [3.05, 3.63) is 82.9 Å². The molecule has 0 aliphatic heterocycles. The average Bonchev–Trinajstić information content (AvgIpc) is 2.75. The number of benzene rings is 3. The molecule has 3 aromatic carbocycles. The summed E-state index contributed by atoms with van der Waals surface area (Å²) in [6, 6.07) is 19.6. The minimum Gasteiger partial charge on any atom is -0.478 e. The Morgan fingerprint density at radius 3 is 2.41 bits per heavy atom. The molecule has 0 atom stereocenters. The van der Waals surface area contributed by atoms with Gasteiger partial charge in [-0.3, -0.25) is 4.79 Å². The minimum absolute atomic E-state index is 0.0475. The number of thioether (sulfide) groups is 1. The number of carbonyl (C=O) groups is 2. The molecule has 3 rings (SSSR count). The van der Waals surface area contributed by atoms with Gasteiger partial charge in [0.15, 0.2) is 5.11 Å². The van der Waals surface area contributed by atoms with Gasteiger partial charge in [0, 0.05) is 16.3 Å². The topological polar surface area (TPSA) is 90.5 Å². The Morgan fingerprint density at radius 2 is 1.69 bits per heavy atom. The van der Waals surface area contributed by atoms with Gasteiger partial charge in [-0.1, -0.05) is 35.4 Å². The molecule has 0 fully saturated rings. The van der Waals surface area contributed by atoms with E-state index in [0.717, 1.165) is 16.3 Å². The van der Waals surface area contributed by atoms with Gasteiger partial charge < -0.3 is 21.1 Å². The van der Waals surface area contributed by atoms with Crippen LogP contribution < -0.4 is 16.0 Å². The molecule has 6 nitrogen and oxygen atoms in total. The normalized spacial score (nSPS) is 10.3. The molecule has 9 heteroatoms. The van der Waals surface area contributed by atoms with Crippen molar-refractivity contribution in [1.29, 1.82) is 0 Å². The van der Waals surface area contributed by atoms with Crippen LogP contribution >= 0.6 is 35.6 Å². The number of hydrogen-bond acceptors (Lipinski definition) is 4. The van der Waals surface area contributed by atoms with Gasteiger partial charge in [0.1, 0.15) is 0 Å². The molecule has 0 bridgehead atoms. The van der Waals surface area contributed by atoms with Gasteiger partial charge in [-0.05, 0) is 67.7 Å². The minimum atomic E-state index is -1.09. The zero-order chi connectivity index (χ0) is 23.1. The maximum Gasteiger partial charge on any atom is 0.335 e. The lowest BCUT2D eigenvalue weighted by Gasteiger charge is -2.12. The van der Waals surface area contributed by atoms with Gasteiger partial charge >= 0.3 is 5.97 Å². The number of rotatable bonds is 7. The summed E-state index contributed by atoms with van der Waals surface area (Å²) in [5.74, 6) is -1.26. The molecule has 1 amide bonds. The summed E-state index contributed by atoms with van der Waals surface area (Å²) in [5, 5.41) is 18.7.